The highest BCUT2D eigenvalue weighted by Gasteiger charge is 2.19. The monoisotopic (exact) mass is 386 g/mol. The maximum atomic E-state index is 11.6. The summed E-state index contributed by atoms with van der Waals surface area (Å²) in [6.07, 6.45) is -1.14. The van der Waals surface area contributed by atoms with Crippen LogP contribution in [-0.2, 0) is 0 Å². The number of hydrogen-bond donors (Lipinski definition) is 1. The Bertz CT molecular complexity index is 952. The van der Waals surface area contributed by atoms with Crippen LogP contribution in [0.4, 0.5) is 4.79 Å². The van der Waals surface area contributed by atoms with Crippen molar-refractivity contribution >= 4 is 22.0 Å². The largest absolute Gasteiger partial charge is 0.463 e. The fraction of sp³-hybridized carbons (Fsp3) is 0.0588. The van der Waals surface area contributed by atoms with E-state index in [-0.39, 0.29) is 6.79 Å². The molecule has 2 aromatic carbocycles. The molecule has 0 atom stereocenters. The smallest absolute Gasteiger partial charge is 0.432 e. The third-order valence-electron chi connectivity index (χ3n) is 3.68. The highest BCUT2D eigenvalue weighted by molar-refractivity contribution is 9.10. The summed E-state index contributed by atoms with van der Waals surface area (Å²) in [6.45, 7) is 0.186. The third-order valence-corrected chi connectivity index (χ3v) is 4.17. The zero-order valence-electron chi connectivity index (χ0n) is 12.3. The van der Waals surface area contributed by atoms with Crippen molar-refractivity contribution in [3.63, 3.8) is 0 Å². The van der Waals surface area contributed by atoms with E-state index in [2.05, 4.69) is 21.0 Å². The number of fused-ring (bicyclic) bond motifs is 1. The number of ether oxygens (including phenoxy) is 2. The van der Waals surface area contributed by atoms with Gasteiger partial charge in [-0.25, -0.2) is 4.79 Å². The van der Waals surface area contributed by atoms with Crippen LogP contribution >= 0.6 is 15.9 Å². The molecule has 4 rings (SSSR count). The van der Waals surface area contributed by atoms with Crippen molar-refractivity contribution in [3.05, 3.63) is 53.0 Å². The predicted molar refractivity (Wildman–Crippen MR) is 90.3 cm³/mol. The van der Waals surface area contributed by atoms with Crippen molar-refractivity contribution in [3.8, 4) is 34.0 Å². The highest BCUT2D eigenvalue weighted by Crippen LogP contribution is 2.36. The Hall–Kier alpha value is -2.80. The Morgan fingerprint density at radius 2 is 1.92 bits per heavy atom. The Kier molecular flexibility index (Phi) is 3.50. The summed E-state index contributed by atoms with van der Waals surface area (Å²) in [5.74, 6) is 1.30. The number of carbonyl (C=O) groups is 1. The van der Waals surface area contributed by atoms with E-state index in [1.807, 2.05) is 30.3 Å². The molecule has 0 fully saturated rings. The maximum absolute atomic E-state index is 11.6. The summed E-state index contributed by atoms with van der Waals surface area (Å²) in [6, 6.07) is 14.6. The number of rotatable bonds is 2. The van der Waals surface area contributed by atoms with Gasteiger partial charge in [0.2, 0.25) is 6.79 Å². The van der Waals surface area contributed by atoms with Gasteiger partial charge in [0.05, 0.1) is 11.4 Å². The van der Waals surface area contributed by atoms with Crippen molar-refractivity contribution < 1.29 is 19.4 Å². The average molecular weight is 387 g/mol. The van der Waals surface area contributed by atoms with E-state index >= 15 is 0 Å². The molecular weight excluding hydrogens is 376 g/mol. The number of nitrogens with zero attached hydrogens (tertiary/aromatic N) is 2. The van der Waals surface area contributed by atoms with Crippen LogP contribution in [0.15, 0.2) is 53.0 Å². The van der Waals surface area contributed by atoms with Crippen molar-refractivity contribution in [2.24, 2.45) is 0 Å². The Labute approximate surface area is 145 Å². The fourth-order valence-electron chi connectivity index (χ4n) is 2.58. The molecule has 6 nitrogen and oxygen atoms in total. The number of benzene rings is 2. The third kappa shape index (κ3) is 2.52. The van der Waals surface area contributed by atoms with Gasteiger partial charge in [0.1, 0.15) is 0 Å². The fourth-order valence-corrected chi connectivity index (χ4v) is 2.98. The normalized spacial score (nSPS) is 12.4. The minimum Gasteiger partial charge on any atom is -0.463 e. The molecule has 1 aliphatic rings. The van der Waals surface area contributed by atoms with E-state index in [1.165, 1.54) is 0 Å². The second-order valence-corrected chi connectivity index (χ2v) is 6.10. The summed E-state index contributed by atoms with van der Waals surface area (Å²) in [4.78, 5) is 11.6. The lowest BCUT2D eigenvalue weighted by Gasteiger charge is -2.02. The first-order valence-electron chi connectivity index (χ1n) is 7.11. The summed E-state index contributed by atoms with van der Waals surface area (Å²) in [5.41, 5.74) is 2.56. The first-order valence-corrected chi connectivity index (χ1v) is 7.90. The van der Waals surface area contributed by atoms with Crippen LogP contribution in [0.3, 0.4) is 0 Å². The molecule has 1 aromatic heterocycles. The Morgan fingerprint density at radius 3 is 2.71 bits per heavy atom. The summed E-state index contributed by atoms with van der Waals surface area (Å²) in [5, 5.41) is 13.7. The maximum Gasteiger partial charge on any atom is 0.432 e. The molecule has 0 radical (unpaired) electrons. The van der Waals surface area contributed by atoms with Gasteiger partial charge in [-0.1, -0.05) is 28.1 Å². The Morgan fingerprint density at radius 1 is 1.08 bits per heavy atom. The molecule has 0 saturated carbocycles. The van der Waals surface area contributed by atoms with Gasteiger partial charge >= 0.3 is 6.09 Å². The van der Waals surface area contributed by atoms with E-state index in [0.717, 1.165) is 20.3 Å². The molecule has 7 heteroatoms. The number of halogens is 1. The first-order chi connectivity index (χ1) is 11.6. The van der Waals surface area contributed by atoms with Crippen molar-refractivity contribution in [1.29, 1.82) is 0 Å². The van der Waals surface area contributed by atoms with Gasteiger partial charge in [-0.2, -0.15) is 9.78 Å². The number of carboxylic acid groups (broad SMARTS) is 1. The van der Waals surface area contributed by atoms with Gasteiger partial charge in [0.15, 0.2) is 11.5 Å². The van der Waals surface area contributed by atoms with Gasteiger partial charge in [-0.15, -0.1) is 0 Å². The lowest BCUT2D eigenvalue weighted by molar-refractivity contribution is 0.174. The predicted octanol–water partition coefficient (Wildman–Crippen LogP) is 4.23. The molecule has 2 heterocycles. The van der Waals surface area contributed by atoms with Crippen LogP contribution < -0.4 is 9.47 Å². The SMILES string of the molecule is O=C(O)n1nc(-c2ccc3c(c2)OCO3)cc1-c1cccc(Br)c1. The minimum absolute atomic E-state index is 0.186. The van der Waals surface area contributed by atoms with Crippen LogP contribution in [0.1, 0.15) is 0 Å². The minimum atomic E-state index is -1.14. The molecule has 0 bridgehead atoms. The molecule has 3 aromatic rings. The second-order valence-electron chi connectivity index (χ2n) is 5.19. The van der Waals surface area contributed by atoms with Crippen molar-refractivity contribution in [2.75, 3.05) is 6.79 Å². The van der Waals surface area contributed by atoms with Crippen LogP contribution in [-0.4, -0.2) is 27.8 Å². The van der Waals surface area contributed by atoms with E-state index in [9.17, 15) is 9.90 Å². The molecule has 0 saturated heterocycles. The molecule has 0 unspecified atom stereocenters. The lowest BCUT2D eigenvalue weighted by atomic mass is 10.1. The van der Waals surface area contributed by atoms with Crippen LogP contribution in [0.25, 0.3) is 22.5 Å². The Balaban J connectivity index is 1.83. The van der Waals surface area contributed by atoms with E-state index in [1.54, 1.807) is 18.2 Å². The summed E-state index contributed by atoms with van der Waals surface area (Å²) in [7, 11) is 0. The van der Waals surface area contributed by atoms with E-state index < -0.39 is 6.09 Å². The highest BCUT2D eigenvalue weighted by atomic mass is 79.9. The quantitative estimate of drug-likeness (QED) is 0.712. The zero-order chi connectivity index (χ0) is 16.7. The molecule has 24 heavy (non-hydrogen) atoms. The van der Waals surface area contributed by atoms with E-state index in [4.69, 9.17) is 9.47 Å². The van der Waals surface area contributed by atoms with E-state index in [0.29, 0.717) is 22.9 Å². The van der Waals surface area contributed by atoms with Gasteiger partial charge in [-0.3, -0.25) is 0 Å². The van der Waals surface area contributed by atoms with Gasteiger partial charge < -0.3 is 14.6 Å². The number of hydrogen-bond acceptors (Lipinski definition) is 4. The van der Waals surface area contributed by atoms with Crippen molar-refractivity contribution in [1.82, 2.24) is 9.78 Å². The van der Waals surface area contributed by atoms with Crippen LogP contribution in [0, 0.1) is 0 Å². The van der Waals surface area contributed by atoms with Crippen LogP contribution in [0.5, 0.6) is 11.5 Å². The lowest BCUT2D eigenvalue weighted by Crippen LogP contribution is -2.11. The standard InChI is InChI=1S/C17H11BrN2O4/c18-12-3-1-2-11(6-12)14-8-13(19-20(14)17(21)22)10-4-5-15-16(7-10)24-9-23-15/h1-8H,9H2,(H,21,22). The topological polar surface area (TPSA) is 73.6 Å². The zero-order valence-corrected chi connectivity index (χ0v) is 13.9. The molecule has 1 aliphatic heterocycles. The van der Waals surface area contributed by atoms with Crippen molar-refractivity contribution in [2.45, 2.75) is 0 Å². The summed E-state index contributed by atoms with van der Waals surface area (Å²) >= 11 is 3.40. The molecule has 1 N–H and O–H groups in total. The van der Waals surface area contributed by atoms with Gasteiger partial charge in [-0.05, 0) is 36.4 Å². The molecule has 0 amide bonds. The molecule has 120 valence electrons. The average Bonchev–Trinajstić information content (AvgIpc) is 3.21. The summed E-state index contributed by atoms with van der Waals surface area (Å²) < 4.78 is 12.5. The van der Waals surface area contributed by atoms with Gasteiger partial charge in [0.25, 0.3) is 0 Å². The molecule has 0 spiro atoms. The first kappa shape index (κ1) is 14.8. The molecular formula is C17H11BrN2O4. The molecule has 0 aliphatic carbocycles. The number of aromatic nitrogens is 2. The van der Waals surface area contributed by atoms with Crippen LogP contribution in [0.2, 0.25) is 0 Å². The second kappa shape index (κ2) is 5.68. The van der Waals surface area contributed by atoms with Gasteiger partial charge in [0, 0.05) is 15.6 Å².